The standard InChI is InChI=1S/C22H22F2N2O3/c1-27-18-4-2-3-17(12-18)19-9-10-26(25-19)13-16-7-8-20(29-22(23)24)21(11-16)28-14-15-5-6-15/h2-4,7-12,15,22H,5-6,13-14H2,1H3. The van der Waals surface area contributed by atoms with Crippen LogP contribution in [0.2, 0.25) is 0 Å². The molecule has 2 aromatic carbocycles. The Labute approximate surface area is 167 Å². The highest BCUT2D eigenvalue weighted by molar-refractivity contribution is 5.60. The highest BCUT2D eigenvalue weighted by Gasteiger charge is 2.23. The van der Waals surface area contributed by atoms with Crippen LogP contribution in [0.1, 0.15) is 18.4 Å². The average Bonchev–Trinajstić information content (AvgIpc) is 3.44. The minimum absolute atomic E-state index is 0.0573. The summed E-state index contributed by atoms with van der Waals surface area (Å²) in [6.07, 6.45) is 4.11. The van der Waals surface area contributed by atoms with Crippen molar-refractivity contribution in [1.82, 2.24) is 9.78 Å². The van der Waals surface area contributed by atoms with Gasteiger partial charge in [-0.2, -0.15) is 13.9 Å². The molecule has 0 radical (unpaired) electrons. The fourth-order valence-electron chi connectivity index (χ4n) is 3.02. The van der Waals surface area contributed by atoms with Crippen molar-refractivity contribution in [1.29, 1.82) is 0 Å². The van der Waals surface area contributed by atoms with Gasteiger partial charge < -0.3 is 14.2 Å². The Hall–Kier alpha value is -3.09. The first-order valence-corrected chi connectivity index (χ1v) is 9.49. The third kappa shape index (κ3) is 5.04. The number of nitrogens with zero attached hydrogens (tertiary/aromatic N) is 2. The zero-order valence-electron chi connectivity index (χ0n) is 16.1. The zero-order chi connectivity index (χ0) is 20.2. The number of rotatable bonds is 9. The van der Waals surface area contributed by atoms with E-state index in [2.05, 4.69) is 9.84 Å². The van der Waals surface area contributed by atoms with E-state index < -0.39 is 6.61 Å². The van der Waals surface area contributed by atoms with E-state index >= 15 is 0 Å². The fourth-order valence-corrected chi connectivity index (χ4v) is 3.02. The first-order chi connectivity index (χ1) is 14.1. The summed E-state index contributed by atoms with van der Waals surface area (Å²) in [6.45, 7) is -1.88. The number of hydrogen-bond acceptors (Lipinski definition) is 4. The summed E-state index contributed by atoms with van der Waals surface area (Å²) in [5.74, 6) is 1.68. The number of halogens is 2. The van der Waals surface area contributed by atoms with E-state index in [9.17, 15) is 8.78 Å². The monoisotopic (exact) mass is 400 g/mol. The van der Waals surface area contributed by atoms with Crippen LogP contribution in [0.3, 0.4) is 0 Å². The van der Waals surface area contributed by atoms with Crippen LogP contribution in [-0.2, 0) is 6.54 Å². The quantitative estimate of drug-likeness (QED) is 0.507. The third-order valence-electron chi connectivity index (χ3n) is 4.75. The number of hydrogen-bond donors (Lipinski definition) is 0. The molecule has 0 spiro atoms. The van der Waals surface area contributed by atoms with Crippen molar-refractivity contribution in [2.45, 2.75) is 26.0 Å². The Balaban J connectivity index is 1.51. The summed E-state index contributed by atoms with van der Waals surface area (Å²) < 4.78 is 42.7. The smallest absolute Gasteiger partial charge is 0.387 e. The van der Waals surface area contributed by atoms with Gasteiger partial charge in [0.25, 0.3) is 0 Å². The maximum absolute atomic E-state index is 12.7. The van der Waals surface area contributed by atoms with Gasteiger partial charge >= 0.3 is 6.61 Å². The molecule has 1 saturated carbocycles. The normalized spacial score (nSPS) is 13.5. The highest BCUT2D eigenvalue weighted by Crippen LogP contribution is 2.34. The molecule has 1 aliphatic rings. The van der Waals surface area contributed by atoms with Crippen LogP contribution in [0.15, 0.2) is 54.7 Å². The van der Waals surface area contributed by atoms with Crippen molar-refractivity contribution in [2.24, 2.45) is 5.92 Å². The highest BCUT2D eigenvalue weighted by atomic mass is 19.3. The summed E-state index contributed by atoms with van der Waals surface area (Å²) in [6, 6.07) is 14.6. The molecule has 1 aromatic heterocycles. The van der Waals surface area contributed by atoms with Gasteiger partial charge in [0.2, 0.25) is 0 Å². The van der Waals surface area contributed by atoms with E-state index in [4.69, 9.17) is 9.47 Å². The molecule has 0 saturated heterocycles. The topological polar surface area (TPSA) is 45.5 Å². The van der Waals surface area contributed by atoms with Gasteiger partial charge in [-0.1, -0.05) is 18.2 Å². The molecule has 0 unspecified atom stereocenters. The van der Waals surface area contributed by atoms with Crippen LogP contribution in [-0.4, -0.2) is 30.1 Å². The summed E-state index contributed by atoms with van der Waals surface area (Å²) in [7, 11) is 1.63. The number of aromatic nitrogens is 2. The second-order valence-corrected chi connectivity index (χ2v) is 7.04. The van der Waals surface area contributed by atoms with Gasteiger partial charge in [-0.3, -0.25) is 4.68 Å². The van der Waals surface area contributed by atoms with Crippen LogP contribution in [0.25, 0.3) is 11.3 Å². The van der Waals surface area contributed by atoms with Gasteiger partial charge in [0, 0.05) is 11.8 Å². The van der Waals surface area contributed by atoms with Crippen molar-refractivity contribution in [3.05, 3.63) is 60.3 Å². The molecule has 0 N–H and O–H groups in total. The predicted molar refractivity (Wildman–Crippen MR) is 105 cm³/mol. The van der Waals surface area contributed by atoms with Crippen molar-refractivity contribution < 1.29 is 23.0 Å². The molecule has 1 aliphatic carbocycles. The Morgan fingerprint density at radius 1 is 1.10 bits per heavy atom. The summed E-state index contributed by atoms with van der Waals surface area (Å²) in [4.78, 5) is 0. The molecular weight excluding hydrogens is 378 g/mol. The van der Waals surface area contributed by atoms with Gasteiger partial charge in [0.1, 0.15) is 5.75 Å². The lowest BCUT2D eigenvalue weighted by Crippen LogP contribution is -2.07. The van der Waals surface area contributed by atoms with Crippen molar-refractivity contribution >= 4 is 0 Å². The second kappa shape index (κ2) is 8.51. The molecule has 0 atom stereocenters. The molecule has 3 aromatic rings. The molecule has 29 heavy (non-hydrogen) atoms. The van der Waals surface area contributed by atoms with Crippen molar-refractivity contribution in [3.8, 4) is 28.5 Å². The predicted octanol–water partition coefficient (Wildman–Crippen LogP) is 5.00. The first-order valence-electron chi connectivity index (χ1n) is 9.49. The van der Waals surface area contributed by atoms with E-state index in [-0.39, 0.29) is 5.75 Å². The molecule has 152 valence electrons. The van der Waals surface area contributed by atoms with Crippen molar-refractivity contribution in [2.75, 3.05) is 13.7 Å². The molecule has 0 amide bonds. The number of methoxy groups -OCH3 is 1. The molecule has 1 heterocycles. The molecule has 5 nitrogen and oxygen atoms in total. The zero-order valence-corrected chi connectivity index (χ0v) is 16.1. The van der Waals surface area contributed by atoms with Crippen LogP contribution in [0, 0.1) is 5.92 Å². The van der Waals surface area contributed by atoms with Gasteiger partial charge in [0.15, 0.2) is 11.5 Å². The maximum atomic E-state index is 12.7. The Morgan fingerprint density at radius 2 is 1.97 bits per heavy atom. The van der Waals surface area contributed by atoms with Crippen LogP contribution in [0.5, 0.6) is 17.2 Å². The SMILES string of the molecule is COc1cccc(-c2ccn(Cc3ccc(OC(F)F)c(OCC4CC4)c3)n2)c1. The Kier molecular flexibility index (Phi) is 5.64. The maximum Gasteiger partial charge on any atom is 0.387 e. The minimum atomic E-state index is -2.89. The van der Waals surface area contributed by atoms with E-state index in [1.165, 1.54) is 6.07 Å². The van der Waals surface area contributed by atoms with E-state index in [0.29, 0.717) is 24.8 Å². The fraction of sp³-hybridized carbons (Fsp3) is 0.318. The lowest BCUT2D eigenvalue weighted by molar-refractivity contribution is -0.0515. The number of alkyl halides is 2. The molecule has 4 rings (SSSR count). The Morgan fingerprint density at radius 3 is 2.72 bits per heavy atom. The molecule has 1 fully saturated rings. The minimum Gasteiger partial charge on any atom is -0.497 e. The van der Waals surface area contributed by atoms with E-state index in [1.54, 1.807) is 23.9 Å². The lowest BCUT2D eigenvalue weighted by atomic mass is 10.1. The van der Waals surface area contributed by atoms with Crippen LogP contribution >= 0.6 is 0 Å². The van der Waals surface area contributed by atoms with Gasteiger partial charge in [-0.05, 0) is 54.7 Å². The van der Waals surface area contributed by atoms with Gasteiger partial charge in [-0.15, -0.1) is 0 Å². The largest absolute Gasteiger partial charge is 0.497 e. The van der Waals surface area contributed by atoms with Crippen LogP contribution < -0.4 is 14.2 Å². The summed E-state index contributed by atoms with van der Waals surface area (Å²) in [5, 5.41) is 4.60. The van der Waals surface area contributed by atoms with Crippen LogP contribution in [0.4, 0.5) is 8.78 Å². The van der Waals surface area contributed by atoms with E-state index in [0.717, 1.165) is 35.4 Å². The third-order valence-corrected chi connectivity index (χ3v) is 4.75. The van der Waals surface area contributed by atoms with Crippen molar-refractivity contribution in [3.63, 3.8) is 0 Å². The Bertz CT molecular complexity index is 970. The number of ether oxygens (including phenoxy) is 3. The second-order valence-electron chi connectivity index (χ2n) is 7.04. The average molecular weight is 400 g/mol. The van der Waals surface area contributed by atoms with Gasteiger partial charge in [-0.25, -0.2) is 0 Å². The lowest BCUT2D eigenvalue weighted by Gasteiger charge is -2.13. The molecule has 7 heteroatoms. The molecular formula is C22H22F2N2O3. The summed E-state index contributed by atoms with van der Waals surface area (Å²) in [5.41, 5.74) is 2.67. The molecule has 0 aliphatic heterocycles. The molecule has 0 bridgehead atoms. The van der Waals surface area contributed by atoms with E-state index in [1.807, 2.05) is 36.5 Å². The first kappa shape index (κ1) is 19.2. The summed E-state index contributed by atoms with van der Waals surface area (Å²) >= 11 is 0. The van der Waals surface area contributed by atoms with Gasteiger partial charge in [0.05, 0.1) is 26.0 Å². The number of benzene rings is 2.